The third kappa shape index (κ3) is 6.01. The number of ether oxygens (including phenoxy) is 2. The lowest BCUT2D eigenvalue weighted by Gasteiger charge is -2.20. The maximum Gasteiger partial charge on any atom is 0.410 e. The number of aryl methyl sites for hydroxylation is 2. The van der Waals surface area contributed by atoms with Gasteiger partial charge in [-0.2, -0.15) is 0 Å². The van der Waals surface area contributed by atoms with Crippen molar-refractivity contribution in [1.29, 1.82) is 0 Å². The van der Waals surface area contributed by atoms with Gasteiger partial charge in [-0.15, -0.1) is 0 Å². The van der Waals surface area contributed by atoms with Gasteiger partial charge in [0.05, 0.1) is 0 Å². The Bertz CT molecular complexity index is 815. The van der Waals surface area contributed by atoms with Gasteiger partial charge in [0.1, 0.15) is 6.61 Å². The van der Waals surface area contributed by atoms with E-state index in [0.717, 1.165) is 28.7 Å². The van der Waals surface area contributed by atoms with Crippen LogP contribution in [-0.4, -0.2) is 12.2 Å². The smallest absolute Gasteiger partial charge is 0.410 e. The van der Waals surface area contributed by atoms with Crippen molar-refractivity contribution < 1.29 is 19.1 Å². The van der Waals surface area contributed by atoms with Crippen LogP contribution in [0.5, 0.6) is 0 Å². The molecule has 0 aliphatic carbocycles. The van der Waals surface area contributed by atoms with Crippen LogP contribution < -0.4 is 11.1 Å². The second kappa shape index (κ2) is 9.78. The molecule has 0 heterocycles. The zero-order valence-corrected chi connectivity index (χ0v) is 16.8. The summed E-state index contributed by atoms with van der Waals surface area (Å²) in [7, 11) is 0. The van der Waals surface area contributed by atoms with E-state index >= 15 is 0 Å². The summed E-state index contributed by atoms with van der Waals surface area (Å²) in [5, 5.41) is 2.57. The van der Waals surface area contributed by atoms with Crippen LogP contribution in [-0.2, 0) is 16.1 Å². The van der Waals surface area contributed by atoms with Crippen LogP contribution in [0, 0.1) is 13.8 Å². The van der Waals surface area contributed by atoms with Gasteiger partial charge in [0.15, 0.2) is 0 Å². The molecule has 150 valence electrons. The fourth-order valence-corrected chi connectivity index (χ4v) is 3.12. The number of carbonyl (C=O) groups excluding carboxylic acids is 2. The summed E-state index contributed by atoms with van der Waals surface area (Å²) in [6.07, 6.45) is -1.70. The zero-order valence-electron chi connectivity index (χ0n) is 16.8. The van der Waals surface area contributed by atoms with Crippen molar-refractivity contribution in [3.8, 4) is 0 Å². The number of primary amides is 1. The first-order chi connectivity index (χ1) is 13.3. The molecule has 6 nitrogen and oxygen atoms in total. The quantitative estimate of drug-likeness (QED) is 0.669. The maximum atomic E-state index is 12.3. The van der Waals surface area contributed by atoms with E-state index in [-0.39, 0.29) is 6.61 Å². The van der Waals surface area contributed by atoms with E-state index in [2.05, 4.69) is 19.2 Å². The molecule has 0 saturated heterocycles. The van der Waals surface area contributed by atoms with Gasteiger partial charge in [0, 0.05) is 5.56 Å². The van der Waals surface area contributed by atoms with Crippen molar-refractivity contribution in [3.63, 3.8) is 0 Å². The first kappa shape index (κ1) is 21.3. The van der Waals surface area contributed by atoms with E-state index < -0.39 is 18.4 Å². The number of nitrogens with one attached hydrogen (secondary N) is 1. The molecule has 2 aromatic rings. The van der Waals surface area contributed by atoms with Crippen LogP contribution >= 0.6 is 0 Å². The maximum absolute atomic E-state index is 12.3. The Kier molecular flexibility index (Phi) is 7.44. The minimum Gasteiger partial charge on any atom is -0.445 e. The monoisotopic (exact) mass is 384 g/mol. The minimum atomic E-state index is -1.02. The van der Waals surface area contributed by atoms with Crippen LogP contribution in [0.15, 0.2) is 42.5 Å². The first-order valence-corrected chi connectivity index (χ1v) is 9.35. The first-order valence-electron chi connectivity index (χ1n) is 9.35. The Labute approximate surface area is 166 Å². The average Bonchev–Trinajstić information content (AvgIpc) is 2.64. The van der Waals surface area contributed by atoms with Crippen molar-refractivity contribution in [2.75, 3.05) is 0 Å². The Balaban J connectivity index is 2.09. The molecular weight excluding hydrogens is 356 g/mol. The Morgan fingerprint density at radius 2 is 1.75 bits per heavy atom. The lowest BCUT2D eigenvalue weighted by Crippen LogP contribution is -2.33. The molecule has 0 aromatic heterocycles. The lowest BCUT2D eigenvalue weighted by molar-refractivity contribution is 0.0710. The third-order valence-electron chi connectivity index (χ3n) is 4.59. The number of alkyl carbamates (subject to hydrolysis) is 1. The fourth-order valence-electron chi connectivity index (χ4n) is 3.12. The summed E-state index contributed by atoms with van der Waals surface area (Å²) in [6, 6.07) is 13.5. The van der Waals surface area contributed by atoms with Crippen LogP contribution in [0.4, 0.5) is 9.59 Å². The zero-order chi connectivity index (χ0) is 20.7. The molecule has 2 amide bonds. The molecule has 0 saturated carbocycles. The molecule has 0 radical (unpaired) electrons. The van der Waals surface area contributed by atoms with Crippen LogP contribution in [0.25, 0.3) is 0 Å². The van der Waals surface area contributed by atoms with E-state index in [1.165, 1.54) is 0 Å². The molecule has 0 bridgehead atoms. The lowest BCUT2D eigenvalue weighted by atomic mass is 9.94. The van der Waals surface area contributed by atoms with E-state index in [4.69, 9.17) is 15.2 Å². The van der Waals surface area contributed by atoms with Crippen molar-refractivity contribution in [2.24, 2.45) is 5.73 Å². The van der Waals surface area contributed by atoms with Gasteiger partial charge < -0.3 is 15.2 Å². The van der Waals surface area contributed by atoms with Crippen molar-refractivity contribution in [1.82, 2.24) is 5.32 Å². The number of amides is 2. The fraction of sp³-hybridized carbons (Fsp3) is 0.364. The third-order valence-corrected chi connectivity index (χ3v) is 4.59. The van der Waals surface area contributed by atoms with Gasteiger partial charge >= 0.3 is 12.2 Å². The highest BCUT2D eigenvalue weighted by molar-refractivity contribution is 5.69. The molecule has 2 rings (SSSR count). The highest BCUT2D eigenvalue weighted by Crippen LogP contribution is 2.23. The van der Waals surface area contributed by atoms with Gasteiger partial charge in [-0.25, -0.2) is 9.59 Å². The summed E-state index contributed by atoms with van der Waals surface area (Å²) in [4.78, 5) is 23.6. The molecule has 2 aromatic carbocycles. The molecular formula is C22H28N2O4. The highest BCUT2D eigenvalue weighted by atomic mass is 16.6. The van der Waals surface area contributed by atoms with Crippen LogP contribution in [0.3, 0.4) is 0 Å². The number of hydrogen-bond acceptors (Lipinski definition) is 4. The predicted octanol–water partition coefficient (Wildman–Crippen LogP) is 4.84. The van der Waals surface area contributed by atoms with Gasteiger partial charge in [-0.1, -0.05) is 67.4 Å². The molecule has 28 heavy (non-hydrogen) atoms. The van der Waals surface area contributed by atoms with Crippen LogP contribution in [0.2, 0.25) is 0 Å². The van der Waals surface area contributed by atoms with Crippen LogP contribution in [0.1, 0.15) is 60.2 Å². The molecule has 0 fully saturated rings. The van der Waals surface area contributed by atoms with E-state index in [1.54, 1.807) is 0 Å². The van der Waals surface area contributed by atoms with Gasteiger partial charge in [0.25, 0.3) is 0 Å². The normalized spacial score (nSPS) is 12.7. The molecule has 6 heteroatoms. The second-order valence-corrected chi connectivity index (χ2v) is 6.97. The molecule has 2 unspecified atom stereocenters. The van der Waals surface area contributed by atoms with E-state index in [1.807, 2.05) is 56.3 Å². The second-order valence-electron chi connectivity index (χ2n) is 6.97. The summed E-state index contributed by atoms with van der Waals surface area (Å²) >= 11 is 0. The number of hydrogen-bond donors (Lipinski definition) is 2. The largest absolute Gasteiger partial charge is 0.445 e. The van der Waals surface area contributed by atoms with Crippen molar-refractivity contribution in [2.45, 2.75) is 52.9 Å². The average molecular weight is 384 g/mol. The Morgan fingerprint density at radius 1 is 1.11 bits per heavy atom. The molecule has 3 N–H and O–H groups in total. The molecule has 0 aliphatic rings. The highest BCUT2D eigenvalue weighted by Gasteiger charge is 2.20. The Hall–Kier alpha value is -3.02. The summed E-state index contributed by atoms with van der Waals surface area (Å²) in [5.41, 5.74) is 9.84. The topological polar surface area (TPSA) is 90.7 Å². The van der Waals surface area contributed by atoms with Gasteiger partial charge in [-0.3, -0.25) is 5.32 Å². The molecule has 0 spiro atoms. The number of benzene rings is 2. The van der Waals surface area contributed by atoms with Gasteiger partial charge in [0.2, 0.25) is 6.23 Å². The van der Waals surface area contributed by atoms with E-state index in [0.29, 0.717) is 11.5 Å². The standard InChI is InChI=1S/C22H28N2O4/c1-5-16(4)19-9-7-6-8-17(19)13-27-22(26)24-20(28-21(23)25)18-11-14(2)10-15(3)12-18/h6-12,16,20H,5,13H2,1-4H3,(H2,23,25)(H,24,26). The minimum absolute atomic E-state index is 0.127. The summed E-state index contributed by atoms with van der Waals surface area (Å²) in [5.74, 6) is 0.365. The summed E-state index contributed by atoms with van der Waals surface area (Å²) in [6.45, 7) is 8.22. The molecule has 2 atom stereocenters. The summed E-state index contributed by atoms with van der Waals surface area (Å²) < 4.78 is 10.5. The van der Waals surface area contributed by atoms with Crippen molar-refractivity contribution in [3.05, 3.63) is 70.3 Å². The SMILES string of the molecule is CCC(C)c1ccccc1COC(=O)NC(OC(N)=O)c1cc(C)cc(C)c1. The predicted molar refractivity (Wildman–Crippen MR) is 108 cm³/mol. The van der Waals surface area contributed by atoms with E-state index in [9.17, 15) is 9.59 Å². The molecule has 0 aliphatic heterocycles. The number of rotatable bonds is 7. The van der Waals surface area contributed by atoms with Gasteiger partial charge in [-0.05, 0) is 37.3 Å². The number of nitrogens with two attached hydrogens (primary N) is 1. The Morgan fingerprint density at radius 3 is 2.36 bits per heavy atom. The van der Waals surface area contributed by atoms with Crippen molar-refractivity contribution >= 4 is 12.2 Å². The number of carbonyl (C=O) groups is 2.